The molecular weight excluding hydrogens is 273 g/mol. The highest BCUT2D eigenvalue weighted by molar-refractivity contribution is 5.83. The Morgan fingerprint density at radius 3 is 2.30 bits per heavy atom. The lowest BCUT2D eigenvalue weighted by Gasteiger charge is -2.39. The maximum Gasteiger partial charge on any atom is 0.406 e. The van der Waals surface area contributed by atoms with Gasteiger partial charge in [-0.3, -0.25) is 4.79 Å². The molecule has 0 aliphatic carbocycles. The molecule has 20 heavy (non-hydrogen) atoms. The Hall–Kier alpha value is -0.820. The minimum absolute atomic E-state index is 0.0315. The number of ether oxygens (including phenoxy) is 1. The van der Waals surface area contributed by atoms with E-state index < -0.39 is 24.0 Å². The summed E-state index contributed by atoms with van der Waals surface area (Å²) in [7, 11) is 0. The Kier molecular flexibility index (Phi) is 5.82. The van der Waals surface area contributed by atoms with Crippen LogP contribution in [0.1, 0.15) is 26.7 Å². The van der Waals surface area contributed by atoms with E-state index in [4.69, 9.17) is 10.5 Å². The smallest absolute Gasteiger partial charge is 0.381 e. The van der Waals surface area contributed by atoms with Gasteiger partial charge in [-0.25, -0.2) is 0 Å². The van der Waals surface area contributed by atoms with Crippen LogP contribution >= 0.6 is 0 Å². The molecule has 1 saturated heterocycles. The van der Waals surface area contributed by atoms with Crippen molar-refractivity contribution in [3.05, 3.63) is 0 Å². The number of carbonyl (C=O) groups excluding carboxylic acids is 1. The van der Waals surface area contributed by atoms with Crippen LogP contribution in [0.25, 0.3) is 0 Å². The van der Waals surface area contributed by atoms with Gasteiger partial charge in [-0.2, -0.15) is 13.2 Å². The number of carbonyl (C=O) groups is 1. The van der Waals surface area contributed by atoms with Gasteiger partial charge >= 0.3 is 6.18 Å². The van der Waals surface area contributed by atoms with Crippen molar-refractivity contribution in [2.75, 3.05) is 32.8 Å². The lowest BCUT2D eigenvalue weighted by Crippen LogP contribution is -2.53. The molecule has 0 bridgehead atoms. The lowest BCUT2D eigenvalue weighted by atomic mass is 9.78. The summed E-state index contributed by atoms with van der Waals surface area (Å²) in [6, 6.07) is 0. The van der Waals surface area contributed by atoms with E-state index in [1.165, 1.54) is 0 Å². The number of rotatable bonds is 5. The van der Waals surface area contributed by atoms with Crippen LogP contribution in [-0.2, 0) is 9.53 Å². The molecular formula is C13H23F3N2O2. The quantitative estimate of drug-likeness (QED) is 0.841. The van der Waals surface area contributed by atoms with Crippen LogP contribution in [0.4, 0.5) is 13.2 Å². The first kappa shape index (κ1) is 17.2. The van der Waals surface area contributed by atoms with Crippen LogP contribution in [-0.4, -0.2) is 49.8 Å². The molecule has 0 aromatic carbocycles. The van der Waals surface area contributed by atoms with Crippen molar-refractivity contribution in [3.63, 3.8) is 0 Å². The lowest BCUT2D eigenvalue weighted by molar-refractivity contribution is -0.171. The van der Waals surface area contributed by atoms with E-state index in [9.17, 15) is 18.0 Å². The van der Waals surface area contributed by atoms with Crippen molar-refractivity contribution in [2.24, 2.45) is 17.1 Å². The monoisotopic (exact) mass is 296 g/mol. The molecule has 118 valence electrons. The molecule has 1 aliphatic heterocycles. The van der Waals surface area contributed by atoms with E-state index in [1.807, 2.05) is 0 Å². The third kappa shape index (κ3) is 4.63. The SMILES string of the molecule is CC(C)CN(CC(F)(F)F)C(=O)C1(CN)CCOCC1. The summed E-state index contributed by atoms with van der Waals surface area (Å²) < 4.78 is 43.2. The van der Waals surface area contributed by atoms with Gasteiger partial charge in [0.05, 0.1) is 5.41 Å². The molecule has 0 radical (unpaired) electrons. The molecule has 0 saturated carbocycles. The molecule has 4 nitrogen and oxygen atoms in total. The van der Waals surface area contributed by atoms with Crippen LogP contribution in [0.2, 0.25) is 0 Å². The van der Waals surface area contributed by atoms with Gasteiger partial charge in [0.2, 0.25) is 5.91 Å². The van der Waals surface area contributed by atoms with E-state index >= 15 is 0 Å². The predicted octanol–water partition coefficient (Wildman–Crippen LogP) is 1.79. The number of nitrogens with two attached hydrogens (primary N) is 1. The Morgan fingerprint density at radius 1 is 1.35 bits per heavy atom. The highest BCUT2D eigenvalue weighted by Crippen LogP contribution is 2.33. The minimum Gasteiger partial charge on any atom is -0.381 e. The van der Waals surface area contributed by atoms with Crippen molar-refractivity contribution >= 4 is 5.91 Å². The average Bonchev–Trinajstić information content (AvgIpc) is 2.35. The van der Waals surface area contributed by atoms with E-state index in [0.29, 0.717) is 26.1 Å². The summed E-state index contributed by atoms with van der Waals surface area (Å²) in [5.74, 6) is -0.523. The number of alkyl halides is 3. The molecule has 0 unspecified atom stereocenters. The zero-order valence-corrected chi connectivity index (χ0v) is 12.0. The average molecular weight is 296 g/mol. The Labute approximate surface area is 117 Å². The van der Waals surface area contributed by atoms with Crippen LogP contribution in [0.5, 0.6) is 0 Å². The van der Waals surface area contributed by atoms with Crippen LogP contribution in [0, 0.1) is 11.3 Å². The maximum absolute atomic E-state index is 12.7. The molecule has 1 aliphatic rings. The van der Waals surface area contributed by atoms with Gasteiger partial charge in [-0.1, -0.05) is 13.8 Å². The highest BCUT2D eigenvalue weighted by atomic mass is 19.4. The number of hydrogen-bond acceptors (Lipinski definition) is 3. The summed E-state index contributed by atoms with van der Waals surface area (Å²) in [6.45, 7) is 3.23. The van der Waals surface area contributed by atoms with Crippen molar-refractivity contribution < 1.29 is 22.7 Å². The van der Waals surface area contributed by atoms with Crippen LogP contribution < -0.4 is 5.73 Å². The van der Waals surface area contributed by atoms with E-state index in [0.717, 1.165) is 4.90 Å². The second kappa shape index (κ2) is 6.76. The van der Waals surface area contributed by atoms with Crippen molar-refractivity contribution in [1.29, 1.82) is 0 Å². The second-order valence-electron chi connectivity index (χ2n) is 5.79. The second-order valence-corrected chi connectivity index (χ2v) is 5.79. The molecule has 7 heteroatoms. The molecule has 1 amide bonds. The molecule has 0 atom stereocenters. The minimum atomic E-state index is -4.40. The molecule has 0 aromatic rings. The fraction of sp³-hybridized carbons (Fsp3) is 0.923. The molecule has 0 spiro atoms. The zero-order chi connectivity index (χ0) is 15.4. The van der Waals surface area contributed by atoms with Crippen molar-refractivity contribution in [2.45, 2.75) is 32.9 Å². The number of amides is 1. The normalized spacial score (nSPS) is 19.1. The van der Waals surface area contributed by atoms with Gasteiger partial charge in [0.15, 0.2) is 0 Å². The first-order valence-corrected chi connectivity index (χ1v) is 6.84. The van der Waals surface area contributed by atoms with Gasteiger partial charge in [0.1, 0.15) is 6.54 Å². The number of nitrogens with zero attached hydrogens (tertiary/aromatic N) is 1. The molecule has 0 aromatic heterocycles. The zero-order valence-electron chi connectivity index (χ0n) is 12.0. The Bertz CT molecular complexity index is 326. The molecule has 1 fully saturated rings. The molecule has 2 N–H and O–H groups in total. The highest BCUT2D eigenvalue weighted by Gasteiger charge is 2.44. The van der Waals surface area contributed by atoms with Gasteiger partial charge in [0.25, 0.3) is 0 Å². The maximum atomic E-state index is 12.7. The van der Waals surface area contributed by atoms with Gasteiger partial charge in [-0.05, 0) is 18.8 Å². The Balaban J connectivity index is 2.89. The standard InChI is InChI=1S/C13H23F3N2O2/c1-10(2)7-18(9-13(14,15)16)11(19)12(8-17)3-5-20-6-4-12/h10H,3-9,17H2,1-2H3. The summed E-state index contributed by atoms with van der Waals surface area (Å²) in [5, 5.41) is 0. The third-order valence-electron chi connectivity index (χ3n) is 3.54. The third-order valence-corrected chi connectivity index (χ3v) is 3.54. The predicted molar refractivity (Wildman–Crippen MR) is 69.0 cm³/mol. The van der Waals surface area contributed by atoms with Crippen molar-refractivity contribution in [3.8, 4) is 0 Å². The fourth-order valence-electron chi connectivity index (χ4n) is 2.48. The van der Waals surface area contributed by atoms with E-state index in [-0.39, 0.29) is 19.0 Å². The van der Waals surface area contributed by atoms with E-state index in [1.54, 1.807) is 13.8 Å². The van der Waals surface area contributed by atoms with Crippen LogP contribution in [0.15, 0.2) is 0 Å². The first-order valence-electron chi connectivity index (χ1n) is 6.84. The first-order chi connectivity index (χ1) is 9.20. The fourth-order valence-corrected chi connectivity index (χ4v) is 2.48. The van der Waals surface area contributed by atoms with Gasteiger partial charge in [0, 0.05) is 26.3 Å². The van der Waals surface area contributed by atoms with Crippen LogP contribution in [0.3, 0.4) is 0 Å². The van der Waals surface area contributed by atoms with Gasteiger partial charge < -0.3 is 15.4 Å². The van der Waals surface area contributed by atoms with Crippen molar-refractivity contribution in [1.82, 2.24) is 4.90 Å². The number of hydrogen-bond donors (Lipinski definition) is 1. The largest absolute Gasteiger partial charge is 0.406 e. The molecule has 1 rings (SSSR count). The van der Waals surface area contributed by atoms with Gasteiger partial charge in [-0.15, -0.1) is 0 Å². The molecule has 1 heterocycles. The Morgan fingerprint density at radius 2 is 1.90 bits per heavy atom. The summed E-state index contributed by atoms with van der Waals surface area (Å²) in [4.78, 5) is 13.5. The number of halogens is 3. The van der Waals surface area contributed by atoms with E-state index in [2.05, 4.69) is 0 Å². The summed E-state index contributed by atoms with van der Waals surface area (Å²) >= 11 is 0. The topological polar surface area (TPSA) is 55.6 Å². The summed E-state index contributed by atoms with van der Waals surface area (Å²) in [5.41, 5.74) is 4.78. The summed E-state index contributed by atoms with van der Waals surface area (Å²) in [6.07, 6.45) is -3.63.